The van der Waals surface area contributed by atoms with Crippen molar-refractivity contribution in [2.75, 3.05) is 0 Å². The van der Waals surface area contributed by atoms with E-state index in [9.17, 15) is 0 Å². The van der Waals surface area contributed by atoms with E-state index in [1.54, 1.807) is 13.0 Å². The van der Waals surface area contributed by atoms with Crippen LogP contribution in [0.2, 0.25) is 5.02 Å². The molecule has 2 rings (SSSR count). The van der Waals surface area contributed by atoms with Crippen LogP contribution in [0.1, 0.15) is 17.3 Å². The number of hydrogen-bond acceptors (Lipinski definition) is 4. The molecule has 0 unspecified atom stereocenters. The fourth-order valence-electron chi connectivity index (χ4n) is 1.31. The van der Waals surface area contributed by atoms with Crippen LogP contribution in [-0.2, 0) is 6.61 Å². The Morgan fingerprint density at radius 3 is 2.75 bits per heavy atom. The second-order valence-electron chi connectivity index (χ2n) is 3.41. The van der Waals surface area contributed by atoms with E-state index in [1.165, 1.54) is 0 Å². The molecular formula is C11H11ClN2O2. The largest absolute Gasteiger partial charge is 0.484 e. The maximum Gasteiger partial charge on any atom is 0.253 e. The van der Waals surface area contributed by atoms with Gasteiger partial charge < -0.3 is 9.15 Å². The minimum Gasteiger partial charge on any atom is -0.484 e. The first-order valence-electron chi connectivity index (χ1n) is 4.83. The molecule has 0 bridgehead atoms. The van der Waals surface area contributed by atoms with Crippen LogP contribution in [0.4, 0.5) is 0 Å². The van der Waals surface area contributed by atoms with Crippen LogP contribution in [0.5, 0.6) is 5.75 Å². The minimum absolute atomic E-state index is 0.267. The Hall–Kier alpha value is -1.55. The second-order valence-corrected chi connectivity index (χ2v) is 3.85. The summed E-state index contributed by atoms with van der Waals surface area (Å²) in [7, 11) is 0. The van der Waals surface area contributed by atoms with E-state index in [4.69, 9.17) is 20.8 Å². The van der Waals surface area contributed by atoms with Crippen molar-refractivity contribution in [3.8, 4) is 5.75 Å². The summed E-state index contributed by atoms with van der Waals surface area (Å²) in [6.07, 6.45) is 0. The van der Waals surface area contributed by atoms with Gasteiger partial charge >= 0.3 is 0 Å². The molecule has 16 heavy (non-hydrogen) atoms. The highest BCUT2D eigenvalue weighted by molar-refractivity contribution is 6.30. The normalized spacial score (nSPS) is 10.4. The van der Waals surface area contributed by atoms with Crippen molar-refractivity contribution in [1.29, 1.82) is 0 Å². The Kier molecular flexibility index (Phi) is 3.10. The van der Waals surface area contributed by atoms with Crippen molar-refractivity contribution < 1.29 is 9.15 Å². The van der Waals surface area contributed by atoms with E-state index < -0.39 is 0 Å². The topological polar surface area (TPSA) is 48.2 Å². The van der Waals surface area contributed by atoms with Crippen molar-refractivity contribution in [2.24, 2.45) is 0 Å². The number of rotatable bonds is 3. The Bertz CT molecular complexity index is 496. The third-order valence-electron chi connectivity index (χ3n) is 2.06. The average Bonchev–Trinajstić information content (AvgIpc) is 2.63. The van der Waals surface area contributed by atoms with E-state index in [1.807, 2.05) is 19.1 Å². The Morgan fingerprint density at radius 2 is 2.12 bits per heavy atom. The summed E-state index contributed by atoms with van der Waals surface area (Å²) in [5.74, 6) is 1.76. The number of hydrogen-bond donors (Lipinski definition) is 0. The zero-order valence-electron chi connectivity index (χ0n) is 9.03. The van der Waals surface area contributed by atoms with E-state index >= 15 is 0 Å². The second kappa shape index (κ2) is 4.53. The molecule has 1 aromatic heterocycles. The highest BCUT2D eigenvalue weighted by Gasteiger charge is 2.05. The van der Waals surface area contributed by atoms with E-state index in [0.717, 1.165) is 11.3 Å². The van der Waals surface area contributed by atoms with E-state index in [2.05, 4.69) is 10.2 Å². The molecule has 1 heterocycles. The third-order valence-corrected chi connectivity index (χ3v) is 2.29. The molecule has 1 aromatic carbocycles. The van der Waals surface area contributed by atoms with Gasteiger partial charge in [0, 0.05) is 11.9 Å². The molecule has 84 valence electrons. The Labute approximate surface area is 98.2 Å². The van der Waals surface area contributed by atoms with Gasteiger partial charge in [-0.25, -0.2) is 0 Å². The number of nitrogens with zero attached hydrogens (tertiary/aromatic N) is 2. The number of benzene rings is 1. The van der Waals surface area contributed by atoms with Gasteiger partial charge in [-0.15, -0.1) is 10.2 Å². The molecule has 0 saturated heterocycles. The summed E-state index contributed by atoms with van der Waals surface area (Å²) in [6.45, 7) is 3.94. The average molecular weight is 239 g/mol. The van der Waals surface area contributed by atoms with Gasteiger partial charge in [0.15, 0.2) is 6.61 Å². The fourth-order valence-corrected chi connectivity index (χ4v) is 1.54. The Balaban J connectivity index is 2.04. The van der Waals surface area contributed by atoms with Gasteiger partial charge in [-0.05, 0) is 30.7 Å². The van der Waals surface area contributed by atoms with E-state index in [-0.39, 0.29) is 6.61 Å². The minimum atomic E-state index is 0.267. The molecule has 0 aliphatic carbocycles. The number of aryl methyl sites for hydroxylation is 2. The lowest BCUT2D eigenvalue weighted by Gasteiger charge is -2.06. The molecule has 0 aliphatic rings. The van der Waals surface area contributed by atoms with Gasteiger partial charge in [-0.2, -0.15) is 0 Å². The van der Waals surface area contributed by atoms with Gasteiger partial charge in [0.2, 0.25) is 5.89 Å². The van der Waals surface area contributed by atoms with Gasteiger partial charge in [0.05, 0.1) is 0 Å². The molecule has 0 radical (unpaired) electrons. The lowest BCUT2D eigenvalue weighted by molar-refractivity contribution is 0.259. The van der Waals surface area contributed by atoms with Crippen LogP contribution in [0.3, 0.4) is 0 Å². The molecule has 0 aliphatic heterocycles. The highest BCUT2D eigenvalue weighted by Crippen LogP contribution is 2.22. The third kappa shape index (κ3) is 2.52. The molecule has 0 saturated carbocycles. The summed E-state index contributed by atoms with van der Waals surface area (Å²) in [5, 5.41) is 8.25. The highest BCUT2D eigenvalue weighted by atomic mass is 35.5. The predicted molar refractivity (Wildman–Crippen MR) is 59.6 cm³/mol. The summed E-state index contributed by atoms with van der Waals surface area (Å²) in [5.41, 5.74) is 0.976. The van der Waals surface area contributed by atoms with Crippen LogP contribution in [0.15, 0.2) is 22.6 Å². The lowest BCUT2D eigenvalue weighted by atomic mass is 10.2. The number of ether oxygens (including phenoxy) is 1. The zero-order chi connectivity index (χ0) is 11.5. The van der Waals surface area contributed by atoms with Crippen molar-refractivity contribution in [2.45, 2.75) is 20.5 Å². The molecule has 0 N–H and O–H groups in total. The van der Waals surface area contributed by atoms with Crippen LogP contribution in [0, 0.1) is 13.8 Å². The molecule has 0 atom stereocenters. The number of halogens is 1. The first-order chi connectivity index (χ1) is 7.65. The van der Waals surface area contributed by atoms with Gasteiger partial charge in [-0.1, -0.05) is 11.6 Å². The molecular weight excluding hydrogens is 228 g/mol. The van der Waals surface area contributed by atoms with Crippen molar-refractivity contribution >= 4 is 11.6 Å². The molecule has 4 nitrogen and oxygen atoms in total. The first-order valence-corrected chi connectivity index (χ1v) is 5.21. The van der Waals surface area contributed by atoms with Crippen LogP contribution in [-0.4, -0.2) is 10.2 Å². The molecule has 2 aromatic rings. The standard InChI is InChI=1S/C11H11ClN2O2/c1-7-5-9(12)3-4-10(7)15-6-11-14-13-8(2)16-11/h3-5H,6H2,1-2H3. The summed E-state index contributed by atoms with van der Waals surface area (Å²) < 4.78 is 10.7. The van der Waals surface area contributed by atoms with Crippen molar-refractivity contribution in [3.63, 3.8) is 0 Å². The van der Waals surface area contributed by atoms with E-state index in [0.29, 0.717) is 16.8 Å². The maximum absolute atomic E-state index is 5.84. The lowest BCUT2D eigenvalue weighted by Crippen LogP contribution is -1.97. The molecule has 5 heteroatoms. The van der Waals surface area contributed by atoms with Crippen LogP contribution >= 0.6 is 11.6 Å². The molecule has 0 amide bonds. The predicted octanol–water partition coefficient (Wildman–Crippen LogP) is 2.92. The number of aromatic nitrogens is 2. The molecule has 0 fully saturated rings. The Morgan fingerprint density at radius 1 is 1.31 bits per heavy atom. The monoisotopic (exact) mass is 238 g/mol. The fraction of sp³-hybridized carbons (Fsp3) is 0.273. The molecule has 0 spiro atoms. The summed E-state index contributed by atoms with van der Waals surface area (Å²) in [6, 6.07) is 5.44. The maximum atomic E-state index is 5.84. The van der Waals surface area contributed by atoms with Crippen LogP contribution in [0.25, 0.3) is 0 Å². The summed E-state index contributed by atoms with van der Waals surface area (Å²) >= 11 is 5.84. The van der Waals surface area contributed by atoms with Gasteiger partial charge in [0.25, 0.3) is 5.89 Å². The van der Waals surface area contributed by atoms with Crippen molar-refractivity contribution in [3.05, 3.63) is 40.6 Å². The van der Waals surface area contributed by atoms with Crippen molar-refractivity contribution in [1.82, 2.24) is 10.2 Å². The van der Waals surface area contributed by atoms with Gasteiger partial charge in [-0.3, -0.25) is 0 Å². The quantitative estimate of drug-likeness (QED) is 0.825. The first kappa shape index (κ1) is 11.0. The zero-order valence-corrected chi connectivity index (χ0v) is 9.78. The van der Waals surface area contributed by atoms with Gasteiger partial charge in [0.1, 0.15) is 5.75 Å². The SMILES string of the molecule is Cc1nnc(COc2ccc(Cl)cc2C)o1. The van der Waals surface area contributed by atoms with Crippen LogP contribution < -0.4 is 4.74 Å². The summed E-state index contributed by atoms with van der Waals surface area (Å²) in [4.78, 5) is 0. The smallest absolute Gasteiger partial charge is 0.253 e.